The molecule has 0 fully saturated rings. The van der Waals surface area contributed by atoms with E-state index in [1.165, 1.54) is 12.1 Å². The van der Waals surface area contributed by atoms with Gasteiger partial charge in [0.25, 0.3) is 0 Å². The molecular weight excluding hydrogens is 332 g/mol. The van der Waals surface area contributed by atoms with Crippen molar-refractivity contribution in [3.05, 3.63) is 53.6 Å². The molecule has 6 nitrogen and oxygen atoms in total. The molecule has 0 aliphatic heterocycles. The summed E-state index contributed by atoms with van der Waals surface area (Å²) in [5.41, 5.74) is 4.66. The fraction of sp³-hybridized carbons (Fsp3) is 0.300. The molecule has 6 heteroatoms. The molecule has 0 saturated carbocycles. The summed E-state index contributed by atoms with van der Waals surface area (Å²) in [6.07, 6.45) is 4.98. The molecule has 138 valence electrons. The molecule has 0 spiro atoms. The zero-order valence-corrected chi connectivity index (χ0v) is 15.1. The van der Waals surface area contributed by atoms with Gasteiger partial charge in [0.2, 0.25) is 0 Å². The SMILES string of the molecule is CCCCCOc1ccc(C=NNc2ccc(C(=O)O)cc2)cc1OC. The van der Waals surface area contributed by atoms with E-state index in [9.17, 15) is 4.79 Å². The Kier molecular flexibility index (Phi) is 7.49. The summed E-state index contributed by atoms with van der Waals surface area (Å²) in [6.45, 7) is 2.83. The Morgan fingerprint density at radius 3 is 2.58 bits per heavy atom. The second-order valence-electron chi connectivity index (χ2n) is 5.72. The first-order valence-electron chi connectivity index (χ1n) is 8.57. The smallest absolute Gasteiger partial charge is 0.335 e. The number of hydrogen-bond acceptors (Lipinski definition) is 5. The molecule has 0 atom stereocenters. The summed E-state index contributed by atoms with van der Waals surface area (Å²) in [6, 6.07) is 12.0. The monoisotopic (exact) mass is 356 g/mol. The average Bonchev–Trinajstić information content (AvgIpc) is 2.66. The van der Waals surface area contributed by atoms with Crippen molar-refractivity contribution in [2.75, 3.05) is 19.1 Å². The Balaban J connectivity index is 1.95. The van der Waals surface area contributed by atoms with Gasteiger partial charge in [-0.3, -0.25) is 5.43 Å². The van der Waals surface area contributed by atoms with Crippen LogP contribution in [-0.4, -0.2) is 31.0 Å². The molecule has 0 aliphatic rings. The molecule has 0 unspecified atom stereocenters. The highest BCUT2D eigenvalue weighted by atomic mass is 16.5. The van der Waals surface area contributed by atoms with Gasteiger partial charge >= 0.3 is 5.97 Å². The van der Waals surface area contributed by atoms with E-state index in [0.717, 1.165) is 30.6 Å². The molecular formula is C20H24N2O4. The average molecular weight is 356 g/mol. The zero-order valence-electron chi connectivity index (χ0n) is 15.1. The number of hydrazone groups is 1. The Labute approximate surface area is 153 Å². The first-order chi connectivity index (χ1) is 12.6. The van der Waals surface area contributed by atoms with Crippen molar-refractivity contribution in [2.24, 2.45) is 5.10 Å². The molecule has 2 N–H and O–H groups in total. The first kappa shape index (κ1) is 19.3. The molecule has 0 bridgehead atoms. The lowest BCUT2D eigenvalue weighted by Gasteiger charge is -2.11. The number of aromatic carboxylic acids is 1. The number of hydrogen-bond donors (Lipinski definition) is 2. The van der Waals surface area contributed by atoms with Crippen molar-refractivity contribution in [1.29, 1.82) is 0 Å². The third-order valence-electron chi connectivity index (χ3n) is 3.73. The molecule has 0 radical (unpaired) electrons. The van der Waals surface area contributed by atoms with Crippen LogP contribution in [0.1, 0.15) is 42.1 Å². The third-order valence-corrected chi connectivity index (χ3v) is 3.73. The fourth-order valence-electron chi connectivity index (χ4n) is 2.29. The van der Waals surface area contributed by atoms with Crippen LogP contribution in [0.25, 0.3) is 0 Å². The number of carboxylic acids is 1. The maximum Gasteiger partial charge on any atom is 0.335 e. The summed E-state index contributed by atoms with van der Waals surface area (Å²) >= 11 is 0. The number of benzene rings is 2. The van der Waals surface area contributed by atoms with Crippen LogP contribution in [0.5, 0.6) is 11.5 Å². The Bertz CT molecular complexity index is 742. The second kappa shape index (κ2) is 10.1. The highest BCUT2D eigenvalue weighted by Crippen LogP contribution is 2.27. The molecule has 2 aromatic rings. The van der Waals surface area contributed by atoms with Gasteiger partial charge < -0.3 is 14.6 Å². The minimum absolute atomic E-state index is 0.235. The molecule has 0 heterocycles. The van der Waals surface area contributed by atoms with Crippen LogP contribution in [0, 0.1) is 0 Å². The number of methoxy groups -OCH3 is 1. The van der Waals surface area contributed by atoms with Gasteiger partial charge in [0.15, 0.2) is 11.5 Å². The fourth-order valence-corrected chi connectivity index (χ4v) is 2.29. The lowest BCUT2D eigenvalue weighted by molar-refractivity contribution is 0.0697. The first-order valence-corrected chi connectivity index (χ1v) is 8.57. The van der Waals surface area contributed by atoms with Gasteiger partial charge in [0, 0.05) is 0 Å². The van der Waals surface area contributed by atoms with Crippen LogP contribution in [0.4, 0.5) is 5.69 Å². The summed E-state index contributed by atoms with van der Waals surface area (Å²) in [7, 11) is 1.61. The van der Waals surface area contributed by atoms with Crippen molar-refractivity contribution in [3.8, 4) is 11.5 Å². The molecule has 0 aromatic heterocycles. The van der Waals surface area contributed by atoms with E-state index in [1.807, 2.05) is 18.2 Å². The number of ether oxygens (including phenoxy) is 2. The quantitative estimate of drug-likeness (QED) is 0.374. The maximum absolute atomic E-state index is 10.8. The number of carboxylic acid groups (broad SMARTS) is 1. The Morgan fingerprint density at radius 2 is 1.92 bits per heavy atom. The topological polar surface area (TPSA) is 80.2 Å². The predicted octanol–water partition coefficient (Wildman–Crippen LogP) is 4.41. The van der Waals surface area contributed by atoms with Crippen LogP contribution in [-0.2, 0) is 0 Å². The van der Waals surface area contributed by atoms with E-state index in [4.69, 9.17) is 14.6 Å². The summed E-state index contributed by atoms with van der Waals surface area (Å²) < 4.78 is 11.1. The lowest BCUT2D eigenvalue weighted by Crippen LogP contribution is -2.00. The van der Waals surface area contributed by atoms with Crippen molar-refractivity contribution in [2.45, 2.75) is 26.2 Å². The van der Waals surface area contributed by atoms with Crippen LogP contribution in [0.2, 0.25) is 0 Å². The molecule has 2 rings (SSSR count). The van der Waals surface area contributed by atoms with Gasteiger partial charge in [0.1, 0.15) is 0 Å². The number of carbonyl (C=O) groups is 1. The predicted molar refractivity (Wildman–Crippen MR) is 103 cm³/mol. The van der Waals surface area contributed by atoms with E-state index in [2.05, 4.69) is 17.5 Å². The Morgan fingerprint density at radius 1 is 1.15 bits per heavy atom. The highest BCUT2D eigenvalue weighted by molar-refractivity contribution is 5.88. The number of nitrogens with one attached hydrogen (secondary N) is 1. The van der Waals surface area contributed by atoms with E-state index in [-0.39, 0.29) is 5.56 Å². The highest BCUT2D eigenvalue weighted by Gasteiger charge is 2.05. The minimum atomic E-state index is -0.954. The Hall–Kier alpha value is -3.02. The van der Waals surface area contributed by atoms with Crippen LogP contribution in [0.15, 0.2) is 47.6 Å². The number of anilines is 1. The van der Waals surface area contributed by atoms with Gasteiger partial charge in [-0.15, -0.1) is 0 Å². The van der Waals surface area contributed by atoms with Crippen molar-refractivity contribution in [3.63, 3.8) is 0 Å². The second-order valence-corrected chi connectivity index (χ2v) is 5.72. The van der Waals surface area contributed by atoms with Crippen LogP contribution in [0.3, 0.4) is 0 Å². The molecule has 26 heavy (non-hydrogen) atoms. The van der Waals surface area contributed by atoms with E-state index >= 15 is 0 Å². The van der Waals surface area contributed by atoms with Gasteiger partial charge in [-0.25, -0.2) is 4.79 Å². The van der Waals surface area contributed by atoms with Gasteiger partial charge in [0.05, 0.1) is 31.2 Å². The molecule has 0 amide bonds. The summed E-state index contributed by atoms with van der Waals surface area (Å²) in [5.74, 6) is 0.429. The van der Waals surface area contributed by atoms with Crippen LogP contribution >= 0.6 is 0 Å². The van der Waals surface area contributed by atoms with E-state index in [0.29, 0.717) is 18.0 Å². The normalized spacial score (nSPS) is 10.7. The number of rotatable bonds is 10. The molecule has 0 saturated heterocycles. The van der Waals surface area contributed by atoms with E-state index < -0.39 is 5.97 Å². The van der Waals surface area contributed by atoms with Crippen molar-refractivity contribution < 1.29 is 19.4 Å². The van der Waals surface area contributed by atoms with Crippen molar-refractivity contribution >= 4 is 17.9 Å². The van der Waals surface area contributed by atoms with E-state index in [1.54, 1.807) is 25.5 Å². The third kappa shape index (κ3) is 5.81. The minimum Gasteiger partial charge on any atom is -0.493 e. The molecule has 0 aliphatic carbocycles. The summed E-state index contributed by atoms with van der Waals surface area (Å²) in [5, 5.41) is 13.0. The van der Waals surface area contributed by atoms with Gasteiger partial charge in [-0.2, -0.15) is 5.10 Å². The summed E-state index contributed by atoms with van der Waals surface area (Å²) in [4.78, 5) is 10.8. The van der Waals surface area contributed by atoms with Gasteiger partial charge in [-0.05, 0) is 54.4 Å². The van der Waals surface area contributed by atoms with Crippen LogP contribution < -0.4 is 14.9 Å². The molecule has 2 aromatic carbocycles. The van der Waals surface area contributed by atoms with Gasteiger partial charge in [-0.1, -0.05) is 19.8 Å². The zero-order chi connectivity index (χ0) is 18.8. The standard InChI is InChI=1S/C20H24N2O4/c1-3-4-5-12-26-18-11-6-15(13-19(18)25-2)14-21-22-17-9-7-16(8-10-17)20(23)24/h6-11,13-14,22H,3-5,12H2,1-2H3,(H,23,24). The number of unbranched alkanes of at least 4 members (excludes halogenated alkanes) is 2. The largest absolute Gasteiger partial charge is 0.493 e. The maximum atomic E-state index is 10.8. The lowest BCUT2D eigenvalue weighted by atomic mass is 10.2. The number of nitrogens with zero attached hydrogens (tertiary/aromatic N) is 1. The van der Waals surface area contributed by atoms with Crippen molar-refractivity contribution in [1.82, 2.24) is 0 Å².